The Labute approximate surface area is 127 Å². The predicted molar refractivity (Wildman–Crippen MR) is 80.6 cm³/mol. The van der Waals surface area contributed by atoms with Crippen molar-refractivity contribution in [3.05, 3.63) is 24.0 Å². The normalized spacial score (nSPS) is 20.4. The number of nitriles is 2. The first-order valence-corrected chi connectivity index (χ1v) is 7.00. The molecule has 1 aliphatic rings. The van der Waals surface area contributed by atoms with Gasteiger partial charge in [0.15, 0.2) is 0 Å². The van der Waals surface area contributed by atoms with E-state index in [2.05, 4.69) is 15.8 Å². The smallest absolute Gasteiger partial charge is 0.237 e. The lowest BCUT2D eigenvalue weighted by molar-refractivity contribution is 0.126. The molecular formula is C15H16FN5O. The fourth-order valence-electron chi connectivity index (χ4n) is 2.37. The lowest BCUT2D eigenvalue weighted by atomic mass is 9.93. The van der Waals surface area contributed by atoms with Crippen LogP contribution in [0.3, 0.4) is 0 Å². The molecule has 1 saturated carbocycles. The second-order valence-electron chi connectivity index (χ2n) is 5.14. The van der Waals surface area contributed by atoms with E-state index in [0.717, 1.165) is 25.7 Å². The summed E-state index contributed by atoms with van der Waals surface area (Å²) >= 11 is 0. The van der Waals surface area contributed by atoms with Crippen LogP contribution in [0.1, 0.15) is 25.7 Å². The molecule has 22 heavy (non-hydrogen) atoms. The van der Waals surface area contributed by atoms with Gasteiger partial charge in [-0.1, -0.05) is 0 Å². The molecule has 1 aliphatic carbocycles. The van der Waals surface area contributed by atoms with Gasteiger partial charge in [-0.05, 0) is 37.8 Å². The van der Waals surface area contributed by atoms with Gasteiger partial charge in [-0.2, -0.15) is 15.6 Å². The lowest BCUT2D eigenvalue weighted by Crippen LogP contribution is -2.28. The number of nitrogens with one attached hydrogen (secondary N) is 2. The van der Waals surface area contributed by atoms with Gasteiger partial charge in [-0.25, -0.2) is 4.39 Å². The van der Waals surface area contributed by atoms with Crippen molar-refractivity contribution in [1.29, 1.82) is 10.5 Å². The van der Waals surface area contributed by atoms with Crippen molar-refractivity contribution in [3.8, 4) is 12.1 Å². The summed E-state index contributed by atoms with van der Waals surface area (Å²) in [5.41, 5.74) is 3.20. The summed E-state index contributed by atoms with van der Waals surface area (Å²) in [6, 6.07) is 7.59. The second kappa shape index (κ2) is 7.39. The van der Waals surface area contributed by atoms with Crippen LogP contribution in [0.4, 0.5) is 15.8 Å². The van der Waals surface area contributed by atoms with Crippen LogP contribution in [0.5, 0.6) is 0 Å². The number of aliphatic hydroxyl groups excluding tert-OH is 1. The van der Waals surface area contributed by atoms with Crippen molar-refractivity contribution in [2.45, 2.75) is 37.8 Å². The Kier molecular flexibility index (Phi) is 5.29. The summed E-state index contributed by atoms with van der Waals surface area (Å²) in [6.07, 6.45) is 2.85. The fourth-order valence-corrected chi connectivity index (χ4v) is 2.37. The van der Waals surface area contributed by atoms with Gasteiger partial charge in [0, 0.05) is 12.1 Å². The molecular weight excluding hydrogens is 285 g/mol. The molecule has 0 heterocycles. The van der Waals surface area contributed by atoms with E-state index in [1.54, 1.807) is 18.2 Å². The van der Waals surface area contributed by atoms with E-state index in [1.165, 1.54) is 12.1 Å². The minimum Gasteiger partial charge on any atom is -0.393 e. The molecule has 3 N–H and O–H groups in total. The Bertz CT molecular complexity index is 622. The van der Waals surface area contributed by atoms with Crippen molar-refractivity contribution >= 4 is 17.1 Å². The Morgan fingerprint density at radius 1 is 1.18 bits per heavy atom. The molecule has 0 saturated heterocycles. The maximum absolute atomic E-state index is 13.4. The molecule has 0 aliphatic heterocycles. The molecule has 0 bridgehead atoms. The largest absolute Gasteiger partial charge is 0.393 e. The Hall–Kier alpha value is -2.64. The van der Waals surface area contributed by atoms with E-state index >= 15 is 0 Å². The molecule has 1 aromatic carbocycles. The average molecular weight is 301 g/mol. The average Bonchev–Trinajstić information content (AvgIpc) is 2.53. The SMILES string of the molecule is N#CC(C#N)=NNc1cc(F)ccc1NC1CCC(O)CC1. The first kappa shape index (κ1) is 15.7. The van der Waals surface area contributed by atoms with Crippen LogP contribution in [0, 0.1) is 28.5 Å². The molecule has 2 rings (SSSR count). The van der Waals surface area contributed by atoms with Crippen LogP contribution < -0.4 is 10.7 Å². The molecule has 1 aromatic rings. The highest BCUT2D eigenvalue weighted by atomic mass is 19.1. The lowest BCUT2D eigenvalue weighted by Gasteiger charge is -2.27. The summed E-state index contributed by atoms with van der Waals surface area (Å²) in [4.78, 5) is 0. The molecule has 6 nitrogen and oxygen atoms in total. The number of hydrogen-bond acceptors (Lipinski definition) is 6. The van der Waals surface area contributed by atoms with Crippen LogP contribution in [-0.4, -0.2) is 23.0 Å². The van der Waals surface area contributed by atoms with E-state index in [0.29, 0.717) is 11.4 Å². The minimum atomic E-state index is -0.446. The van der Waals surface area contributed by atoms with Crippen molar-refractivity contribution in [2.24, 2.45) is 5.10 Å². The first-order chi connectivity index (χ1) is 10.6. The molecule has 7 heteroatoms. The number of nitrogens with zero attached hydrogens (tertiary/aromatic N) is 3. The number of benzene rings is 1. The number of halogens is 1. The summed E-state index contributed by atoms with van der Waals surface area (Å²) < 4.78 is 13.4. The third-order valence-electron chi connectivity index (χ3n) is 3.54. The maximum atomic E-state index is 13.4. The van der Waals surface area contributed by atoms with Gasteiger partial charge in [-0.15, -0.1) is 0 Å². The Morgan fingerprint density at radius 2 is 1.86 bits per heavy atom. The Balaban J connectivity index is 2.12. The molecule has 0 unspecified atom stereocenters. The number of hydrogen-bond donors (Lipinski definition) is 3. The molecule has 0 amide bonds. The molecule has 0 radical (unpaired) electrons. The number of aliphatic hydroxyl groups is 1. The zero-order valence-corrected chi connectivity index (χ0v) is 11.9. The molecule has 0 aromatic heterocycles. The summed E-state index contributed by atoms with van der Waals surface area (Å²) in [6.45, 7) is 0. The fraction of sp³-hybridized carbons (Fsp3) is 0.400. The van der Waals surface area contributed by atoms with Gasteiger partial charge in [0.05, 0.1) is 17.5 Å². The summed E-state index contributed by atoms with van der Waals surface area (Å²) in [5, 5.41) is 33.7. The monoisotopic (exact) mass is 301 g/mol. The number of hydrazone groups is 1. The maximum Gasteiger partial charge on any atom is 0.237 e. The minimum absolute atomic E-state index is 0.185. The van der Waals surface area contributed by atoms with Crippen molar-refractivity contribution in [1.82, 2.24) is 0 Å². The van der Waals surface area contributed by atoms with Gasteiger partial charge in [-0.3, -0.25) is 5.43 Å². The highest BCUT2D eigenvalue weighted by Crippen LogP contribution is 2.27. The van der Waals surface area contributed by atoms with Crippen molar-refractivity contribution < 1.29 is 9.50 Å². The van der Waals surface area contributed by atoms with Gasteiger partial charge < -0.3 is 10.4 Å². The molecule has 0 spiro atoms. The van der Waals surface area contributed by atoms with Crippen LogP contribution in [-0.2, 0) is 0 Å². The summed E-state index contributed by atoms with van der Waals surface area (Å²) in [5.74, 6) is -0.446. The van der Waals surface area contributed by atoms with Crippen LogP contribution in [0.2, 0.25) is 0 Å². The van der Waals surface area contributed by atoms with Crippen molar-refractivity contribution in [3.63, 3.8) is 0 Å². The van der Waals surface area contributed by atoms with Gasteiger partial charge in [0.2, 0.25) is 5.71 Å². The Morgan fingerprint density at radius 3 is 2.50 bits per heavy atom. The zero-order valence-electron chi connectivity index (χ0n) is 11.9. The molecule has 1 fully saturated rings. The third-order valence-corrected chi connectivity index (χ3v) is 3.54. The first-order valence-electron chi connectivity index (χ1n) is 7.00. The van der Waals surface area contributed by atoms with E-state index in [4.69, 9.17) is 10.5 Å². The van der Waals surface area contributed by atoms with E-state index in [-0.39, 0.29) is 17.9 Å². The van der Waals surface area contributed by atoms with E-state index in [9.17, 15) is 9.50 Å². The van der Waals surface area contributed by atoms with Gasteiger partial charge in [0.25, 0.3) is 0 Å². The van der Waals surface area contributed by atoms with Crippen LogP contribution >= 0.6 is 0 Å². The van der Waals surface area contributed by atoms with E-state index in [1.807, 2.05) is 0 Å². The third kappa shape index (κ3) is 4.18. The zero-order chi connectivity index (χ0) is 15.9. The highest BCUT2D eigenvalue weighted by molar-refractivity contribution is 6.10. The van der Waals surface area contributed by atoms with E-state index < -0.39 is 5.82 Å². The van der Waals surface area contributed by atoms with Crippen molar-refractivity contribution in [2.75, 3.05) is 10.7 Å². The highest BCUT2D eigenvalue weighted by Gasteiger charge is 2.20. The quantitative estimate of drug-likeness (QED) is 0.585. The van der Waals surface area contributed by atoms with Gasteiger partial charge >= 0.3 is 0 Å². The predicted octanol–water partition coefficient (Wildman–Crippen LogP) is 2.36. The molecule has 0 atom stereocenters. The standard InChI is InChI=1S/C15H16FN5O/c16-10-1-6-14(19-11-2-4-13(22)5-3-11)15(7-10)21-20-12(8-17)9-18/h1,6-7,11,13,19,21-22H,2-5H2. The number of rotatable bonds is 4. The van der Waals surface area contributed by atoms with Crippen LogP contribution in [0.25, 0.3) is 0 Å². The van der Waals surface area contributed by atoms with Gasteiger partial charge in [0.1, 0.15) is 18.0 Å². The number of anilines is 2. The molecule has 114 valence electrons. The summed E-state index contributed by atoms with van der Waals surface area (Å²) in [7, 11) is 0. The topological polar surface area (TPSA) is 104 Å². The van der Waals surface area contributed by atoms with Crippen LogP contribution in [0.15, 0.2) is 23.3 Å². The second-order valence-corrected chi connectivity index (χ2v) is 5.14.